The number of carbonyl (C=O) groups is 2. The number of nitrogens with one attached hydrogen (secondary N) is 2. The van der Waals surface area contributed by atoms with Crippen LogP contribution < -0.4 is 10.6 Å². The third-order valence-electron chi connectivity index (χ3n) is 4.70. The average molecular weight is 372 g/mol. The zero-order valence-electron chi connectivity index (χ0n) is 16.6. The van der Waals surface area contributed by atoms with Crippen LogP contribution in [-0.2, 0) is 0 Å². The zero-order valence-corrected chi connectivity index (χ0v) is 16.6. The van der Waals surface area contributed by atoms with Crippen molar-refractivity contribution in [3.05, 3.63) is 94.0 Å². The predicted octanol–water partition coefficient (Wildman–Crippen LogP) is 5.42. The van der Waals surface area contributed by atoms with Crippen molar-refractivity contribution in [2.24, 2.45) is 0 Å². The summed E-state index contributed by atoms with van der Waals surface area (Å²) in [7, 11) is 0. The van der Waals surface area contributed by atoms with Crippen LogP contribution in [0.5, 0.6) is 0 Å². The molecule has 0 saturated heterocycles. The number of hydrogen-bond acceptors (Lipinski definition) is 2. The molecule has 28 heavy (non-hydrogen) atoms. The molecule has 0 atom stereocenters. The molecule has 3 rings (SSSR count). The molecular weight excluding hydrogens is 348 g/mol. The minimum atomic E-state index is -0.305. The number of aryl methyl sites for hydroxylation is 4. The smallest absolute Gasteiger partial charge is 0.256 e. The lowest BCUT2D eigenvalue weighted by Crippen LogP contribution is -2.21. The van der Waals surface area contributed by atoms with Crippen molar-refractivity contribution < 1.29 is 9.59 Å². The molecule has 0 heterocycles. The van der Waals surface area contributed by atoms with Crippen molar-refractivity contribution in [1.29, 1.82) is 0 Å². The molecule has 4 heteroatoms. The van der Waals surface area contributed by atoms with Crippen LogP contribution >= 0.6 is 0 Å². The molecule has 2 N–H and O–H groups in total. The van der Waals surface area contributed by atoms with Crippen molar-refractivity contribution in [3.8, 4) is 0 Å². The number of amides is 2. The Kier molecular flexibility index (Phi) is 5.59. The van der Waals surface area contributed by atoms with E-state index in [9.17, 15) is 9.59 Å². The molecule has 0 aliphatic heterocycles. The molecule has 0 unspecified atom stereocenters. The third kappa shape index (κ3) is 4.29. The van der Waals surface area contributed by atoms with Gasteiger partial charge in [0.1, 0.15) is 0 Å². The normalized spacial score (nSPS) is 10.4. The summed E-state index contributed by atoms with van der Waals surface area (Å²) in [6.07, 6.45) is 0. The Morgan fingerprint density at radius 2 is 1.00 bits per heavy atom. The van der Waals surface area contributed by atoms with E-state index in [1.807, 2.05) is 64.1 Å². The lowest BCUT2D eigenvalue weighted by Gasteiger charge is -2.14. The van der Waals surface area contributed by atoms with Crippen LogP contribution in [0.15, 0.2) is 60.7 Å². The van der Waals surface area contributed by atoms with E-state index in [0.29, 0.717) is 11.1 Å². The molecule has 0 aliphatic rings. The third-order valence-corrected chi connectivity index (χ3v) is 4.70. The van der Waals surface area contributed by atoms with Gasteiger partial charge in [0.25, 0.3) is 11.8 Å². The standard InChI is InChI=1S/C24H24N2O2/c1-15-9-11-17(3)21(13-15)25-23(27)19-7-5-6-8-20(19)24(28)26-22-14-16(2)10-12-18(22)4/h5-14H,1-4H3,(H,25,27)(H,26,28). The molecule has 2 amide bonds. The molecule has 0 aromatic heterocycles. The van der Waals surface area contributed by atoms with Gasteiger partial charge in [-0.25, -0.2) is 0 Å². The highest BCUT2D eigenvalue weighted by Crippen LogP contribution is 2.21. The van der Waals surface area contributed by atoms with Gasteiger partial charge >= 0.3 is 0 Å². The second-order valence-electron chi connectivity index (χ2n) is 7.09. The molecule has 4 nitrogen and oxygen atoms in total. The number of anilines is 2. The second kappa shape index (κ2) is 8.09. The first-order valence-electron chi connectivity index (χ1n) is 9.21. The van der Waals surface area contributed by atoms with Gasteiger partial charge in [0.15, 0.2) is 0 Å². The van der Waals surface area contributed by atoms with E-state index in [1.165, 1.54) is 0 Å². The minimum Gasteiger partial charge on any atom is -0.322 e. The van der Waals surface area contributed by atoms with E-state index < -0.39 is 0 Å². The largest absolute Gasteiger partial charge is 0.322 e. The van der Waals surface area contributed by atoms with Gasteiger partial charge in [-0.15, -0.1) is 0 Å². The Balaban J connectivity index is 1.88. The first-order valence-corrected chi connectivity index (χ1v) is 9.21. The maximum Gasteiger partial charge on any atom is 0.256 e. The molecule has 0 bridgehead atoms. The van der Waals surface area contributed by atoms with Gasteiger partial charge in [0.2, 0.25) is 0 Å². The predicted molar refractivity (Wildman–Crippen MR) is 114 cm³/mol. The quantitative estimate of drug-likeness (QED) is 0.642. The van der Waals surface area contributed by atoms with Crippen LogP contribution in [0.4, 0.5) is 11.4 Å². The van der Waals surface area contributed by atoms with Gasteiger partial charge in [0, 0.05) is 11.4 Å². The molecule has 142 valence electrons. The van der Waals surface area contributed by atoms with Crippen LogP contribution in [0.3, 0.4) is 0 Å². The molecule has 0 spiro atoms. The Morgan fingerprint density at radius 1 is 0.607 bits per heavy atom. The molecule has 0 saturated carbocycles. The summed E-state index contributed by atoms with van der Waals surface area (Å²) < 4.78 is 0. The van der Waals surface area contributed by atoms with Gasteiger partial charge < -0.3 is 10.6 Å². The van der Waals surface area contributed by atoms with Gasteiger partial charge in [-0.1, -0.05) is 36.4 Å². The maximum atomic E-state index is 12.9. The summed E-state index contributed by atoms with van der Waals surface area (Å²) in [6, 6.07) is 18.6. The monoisotopic (exact) mass is 372 g/mol. The van der Waals surface area contributed by atoms with Gasteiger partial charge in [0.05, 0.1) is 11.1 Å². The lowest BCUT2D eigenvalue weighted by atomic mass is 10.0. The van der Waals surface area contributed by atoms with E-state index in [-0.39, 0.29) is 11.8 Å². The van der Waals surface area contributed by atoms with Crippen molar-refractivity contribution >= 4 is 23.2 Å². The highest BCUT2D eigenvalue weighted by Gasteiger charge is 2.18. The fourth-order valence-electron chi connectivity index (χ4n) is 3.00. The Hall–Kier alpha value is -3.40. The topological polar surface area (TPSA) is 58.2 Å². The van der Waals surface area contributed by atoms with Gasteiger partial charge in [-0.3, -0.25) is 9.59 Å². The summed E-state index contributed by atoms with van der Waals surface area (Å²) in [5.74, 6) is -0.610. The first kappa shape index (κ1) is 19.4. The van der Waals surface area contributed by atoms with Crippen molar-refractivity contribution in [3.63, 3.8) is 0 Å². The van der Waals surface area contributed by atoms with Crippen LogP contribution in [0, 0.1) is 27.7 Å². The highest BCUT2D eigenvalue weighted by molar-refractivity contribution is 6.15. The summed E-state index contributed by atoms with van der Waals surface area (Å²) in [6.45, 7) is 7.82. The Morgan fingerprint density at radius 3 is 1.39 bits per heavy atom. The minimum absolute atomic E-state index is 0.305. The molecule has 3 aromatic carbocycles. The fourth-order valence-corrected chi connectivity index (χ4v) is 3.00. The summed E-state index contributed by atoms with van der Waals surface area (Å²) >= 11 is 0. The van der Waals surface area contributed by atoms with Crippen molar-refractivity contribution in [2.75, 3.05) is 10.6 Å². The van der Waals surface area contributed by atoms with Gasteiger partial charge in [-0.2, -0.15) is 0 Å². The highest BCUT2D eigenvalue weighted by atomic mass is 16.2. The van der Waals surface area contributed by atoms with Crippen molar-refractivity contribution in [1.82, 2.24) is 0 Å². The number of carbonyl (C=O) groups excluding carboxylic acids is 2. The first-order chi connectivity index (χ1) is 13.3. The van der Waals surface area contributed by atoms with Gasteiger partial charge in [-0.05, 0) is 74.2 Å². The van der Waals surface area contributed by atoms with Crippen molar-refractivity contribution in [2.45, 2.75) is 27.7 Å². The summed E-state index contributed by atoms with van der Waals surface area (Å²) in [5.41, 5.74) is 6.22. The average Bonchev–Trinajstić information content (AvgIpc) is 2.67. The number of rotatable bonds is 4. The summed E-state index contributed by atoms with van der Waals surface area (Å²) in [5, 5.41) is 5.86. The van der Waals surface area contributed by atoms with E-state index in [1.54, 1.807) is 24.3 Å². The van der Waals surface area contributed by atoms with Crippen LogP contribution in [0.25, 0.3) is 0 Å². The molecule has 0 aliphatic carbocycles. The van der Waals surface area contributed by atoms with Crippen LogP contribution in [-0.4, -0.2) is 11.8 Å². The molecular formula is C24H24N2O2. The molecule has 3 aromatic rings. The SMILES string of the molecule is Cc1ccc(C)c(NC(=O)c2ccccc2C(=O)Nc2cc(C)ccc2C)c1. The number of hydrogen-bond donors (Lipinski definition) is 2. The van der Waals surface area contributed by atoms with E-state index in [0.717, 1.165) is 33.6 Å². The Labute approximate surface area is 165 Å². The maximum absolute atomic E-state index is 12.9. The Bertz CT molecular complexity index is 970. The summed E-state index contributed by atoms with van der Waals surface area (Å²) in [4.78, 5) is 25.8. The van der Waals surface area contributed by atoms with Crippen LogP contribution in [0.2, 0.25) is 0 Å². The molecule has 0 radical (unpaired) electrons. The zero-order chi connectivity index (χ0) is 20.3. The number of benzene rings is 3. The lowest BCUT2D eigenvalue weighted by molar-refractivity contribution is 0.0990. The fraction of sp³-hybridized carbons (Fsp3) is 0.167. The second-order valence-corrected chi connectivity index (χ2v) is 7.09. The molecule has 0 fully saturated rings. The van der Waals surface area contributed by atoms with E-state index in [4.69, 9.17) is 0 Å². The van der Waals surface area contributed by atoms with E-state index in [2.05, 4.69) is 10.6 Å². The van der Waals surface area contributed by atoms with E-state index >= 15 is 0 Å². The van der Waals surface area contributed by atoms with Crippen LogP contribution in [0.1, 0.15) is 43.0 Å².